The van der Waals surface area contributed by atoms with Crippen LogP contribution in [0.25, 0.3) is 0 Å². The highest BCUT2D eigenvalue weighted by Crippen LogP contribution is 2.24. The van der Waals surface area contributed by atoms with Crippen molar-refractivity contribution in [2.75, 3.05) is 26.3 Å². The largest absolute Gasteiger partial charge is 0.380 e. The highest BCUT2D eigenvalue weighted by molar-refractivity contribution is 5.78. The van der Waals surface area contributed by atoms with Gasteiger partial charge in [0, 0.05) is 18.0 Å². The minimum absolute atomic E-state index is 0.0878. The van der Waals surface area contributed by atoms with Crippen LogP contribution in [0, 0.1) is 5.41 Å². The van der Waals surface area contributed by atoms with Crippen LogP contribution in [0.3, 0.4) is 0 Å². The summed E-state index contributed by atoms with van der Waals surface area (Å²) in [5, 5.41) is 6.15. The lowest BCUT2D eigenvalue weighted by Crippen LogP contribution is -2.49. The van der Waals surface area contributed by atoms with Crippen molar-refractivity contribution in [2.45, 2.75) is 39.7 Å². The molecule has 2 N–H and O–H groups in total. The van der Waals surface area contributed by atoms with Gasteiger partial charge in [0.1, 0.15) is 0 Å². The van der Waals surface area contributed by atoms with Crippen molar-refractivity contribution in [3.63, 3.8) is 0 Å². The van der Waals surface area contributed by atoms with Gasteiger partial charge in [-0.1, -0.05) is 20.3 Å². The maximum absolute atomic E-state index is 11.5. The Balaban J connectivity index is 2.05. The molecule has 1 rings (SSSR count). The number of carbonyl (C=O) groups is 1. The summed E-state index contributed by atoms with van der Waals surface area (Å²) in [6.45, 7) is 9.19. The Morgan fingerprint density at radius 2 is 2.19 bits per heavy atom. The van der Waals surface area contributed by atoms with Gasteiger partial charge in [0.2, 0.25) is 5.91 Å². The number of ether oxygens (including phenoxy) is 1. The van der Waals surface area contributed by atoms with E-state index in [0.717, 1.165) is 32.6 Å². The average Bonchev–Trinajstić information content (AvgIpc) is 2.15. The summed E-state index contributed by atoms with van der Waals surface area (Å²) >= 11 is 0. The molecule has 0 aromatic carbocycles. The molecule has 1 aliphatic rings. The summed E-state index contributed by atoms with van der Waals surface area (Å²) < 4.78 is 5.15. The summed E-state index contributed by atoms with van der Waals surface area (Å²) in [6.07, 6.45) is 2.14. The molecule has 0 aromatic rings. The molecular formula is C12H24N2O2. The van der Waals surface area contributed by atoms with Crippen molar-refractivity contribution >= 4 is 5.91 Å². The molecule has 1 fully saturated rings. The predicted octanol–water partition coefficient (Wildman–Crippen LogP) is 0.917. The highest BCUT2D eigenvalue weighted by Gasteiger charge is 2.32. The van der Waals surface area contributed by atoms with Gasteiger partial charge in [0.05, 0.1) is 19.8 Å². The molecule has 94 valence electrons. The van der Waals surface area contributed by atoms with Crippen molar-refractivity contribution in [1.29, 1.82) is 0 Å². The van der Waals surface area contributed by atoms with Gasteiger partial charge < -0.3 is 15.4 Å². The monoisotopic (exact) mass is 228 g/mol. The molecule has 1 saturated heterocycles. The van der Waals surface area contributed by atoms with Gasteiger partial charge in [-0.25, -0.2) is 0 Å². The van der Waals surface area contributed by atoms with E-state index < -0.39 is 0 Å². The second-order valence-corrected chi connectivity index (χ2v) is 5.16. The lowest BCUT2D eigenvalue weighted by Gasteiger charge is -2.38. The molecule has 0 saturated carbocycles. The Bertz CT molecular complexity index is 227. The molecule has 0 aliphatic carbocycles. The van der Waals surface area contributed by atoms with Gasteiger partial charge in [0.25, 0.3) is 0 Å². The van der Waals surface area contributed by atoms with E-state index in [2.05, 4.69) is 24.5 Å². The quantitative estimate of drug-likeness (QED) is 0.681. The van der Waals surface area contributed by atoms with Crippen molar-refractivity contribution < 1.29 is 9.53 Å². The number of hydrogen-bond donors (Lipinski definition) is 2. The van der Waals surface area contributed by atoms with E-state index in [1.165, 1.54) is 0 Å². The third-order valence-corrected chi connectivity index (χ3v) is 2.87. The second-order valence-electron chi connectivity index (χ2n) is 5.16. The van der Waals surface area contributed by atoms with Crippen LogP contribution < -0.4 is 10.6 Å². The van der Waals surface area contributed by atoms with E-state index in [1.54, 1.807) is 0 Å². The fourth-order valence-electron chi connectivity index (χ4n) is 1.86. The third kappa shape index (κ3) is 4.49. The molecule has 0 bridgehead atoms. The zero-order valence-electron chi connectivity index (χ0n) is 10.6. The first-order valence-corrected chi connectivity index (χ1v) is 6.13. The molecule has 1 heterocycles. The lowest BCUT2D eigenvalue weighted by atomic mass is 9.89. The van der Waals surface area contributed by atoms with Gasteiger partial charge in [-0.3, -0.25) is 4.79 Å². The molecule has 0 aromatic heterocycles. The van der Waals surface area contributed by atoms with Crippen LogP contribution in [0.4, 0.5) is 0 Å². The summed E-state index contributed by atoms with van der Waals surface area (Å²) in [5.41, 5.74) is 0.231. The lowest BCUT2D eigenvalue weighted by molar-refractivity contribution is -0.122. The Morgan fingerprint density at radius 1 is 1.50 bits per heavy atom. The summed E-state index contributed by atoms with van der Waals surface area (Å²) in [6, 6.07) is 0.280. The number of rotatable bonds is 7. The second kappa shape index (κ2) is 6.21. The third-order valence-electron chi connectivity index (χ3n) is 2.87. The average molecular weight is 228 g/mol. The van der Waals surface area contributed by atoms with E-state index >= 15 is 0 Å². The van der Waals surface area contributed by atoms with E-state index in [1.807, 2.05) is 6.92 Å². The zero-order valence-corrected chi connectivity index (χ0v) is 10.6. The molecular weight excluding hydrogens is 204 g/mol. The topological polar surface area (TPSA) is 50.4 Å². The van der Waals surface area contributed by atoms with Gasteiger partial charge in [-0.15, -0.1) is 0 Å². The molecule has 4 nitrogen and oxygen atoms in total. The first-order valence-electron chi connectivity index (χ1n) is 6.13. The summed E-state index contributed by atoms with van der Waals surface area (Å²) in [7, 11) is 0. The Hall–Kier alpha value is -0.610. The fourth-order valence-corrected chi connectivity index (χ4v) is 1.86. The Labute approximate surface area is 98.1 Å². The molecule has 1 unspecified atom stereocenters. The van der Waals surface area contributed by atoms with Gasteiger partial charge in [-0.2, -0.15) is 0 Å². The minimum atomic E-state index is 0.0878. The minimum Gasteiger partial charge on any atom is -0.380 e. The van der Waals surface area contributed by atoms with E-state index in [4.69, 9.17) is 4.74 Å². The van der Waals surface area contributed by atoms with Gasteiger partial charge in [-0.05, 0) is 13.3 Å². The molecule has 1 amide bonds. The molecule has 0 radical (unpaired) electrons. The van der Waals surface area contributed by atoms with E-state index in [9.17, 15) is 4.79 Å². The molecule has 1 aliphatic heterocycles. The van der Waals surface area contributed by atoms with Crippen LogP contribution in [0.15, 0.2) is 0 Å². The van der Waals surface area contributed by atoms with Crippen molar-refractivity contribution in [3.05, 3.63) is 0 Å². The van der Waals surface area contributed by atoms with Crippen LogP contribution in [-0.4, -0.2) is 38.3 Å². The standard InChI is InChI=1S/C12H24N2O2/c1-4-5-10(2)14-11(15)6-13-7-12(3)8-16-9-12/h10,13H,4-9H2,1-3H3,(H,14,15). The van der Waals surface area contributed by atoms with Crippen LogP contribution in [0.2, 0.25) is 0 Å². The smallest absolute Gasteiger partial charge is 0.234 e. The van der Waals surface area contributed by atoms with Crippen LogP contribution >= 0.6 is 0 Å². The molecule has 1 atom stereocenters. The first-order chi connectivity index (χ1) is 7.56. The number of nitrogens with one attached hydrogen (secondary N) is 2. The van der Waals surface area contributed by atoms with E-state index in [-0.39, 0.29) is 17.4 Å². The maximum Gasteiger partial charge on any atom is 0.234 e. The number of carbonyl (C=O) groups excluding carboxylic acids is 1. The number of hydrogen-bond acceptors (Lipinski definition) is 3. The molecule has 16 heavy (non-hydrogen) atoms. The zero-order chi connectivity index (χ0) is 12.0. The fraction of sp³-hybridized carbons (Fsp3) is 0.917. The predicted molar refractivity (Wildman–Crippen MR) is 64.3 cm³/mol. The van der Waals surface area contributed by atoms with Crippen LogP contribution in [-0.2, 0) is 9.53 Å². The number of amides is 1. The van der Waals surface area contributed by atoms with Crippen LogP contribution in [0.1, 0.15) is 33.6 Å². The van der Waals surface area contributed by atoms with Crippen molar-refractivity contribution in [1.82, 2.24) is 10.6 Å². The SMILES string of the molecule is CCCC(C)NC(=O)CNCC1(C)COC1. The Kier molecular flexibility index (Phi) is 5.22. The van der Waals surface area contributed by atoms with Crippen molar-refractivity contribution in [2.24, 2.45) is 5.41 Å². The summed E-state index contributed by atoms with van der Waals surface area (Å²) in [4.78, 5) is 11.5. The Morgan fingerprint density at radius 3 is 2.69 bits per heavy atom. The first kappa shape index (κ1) is 13.5. The molecule has 4 heteroatoms. The summed E-state index contributed by atoms with van der Waals surface area (Å²) in [5.74, 6) is 0.0878. The van der Waals surface area contributed by atoms with Crippen LogP contribution in [0.5, 0.6) is 0 Å². The van der Waals surface area contributed by atoms with Gasteiger partial charge >= 0.3 is 0 Å². The highest BCUT2D eigenvalue weighted by atomic mass is 16.5. The normalized spacial score (nSPS) is 19.9. The van der Waals surface area contributed by atoms with E-state index in [0.29, 0.717) is 6.54 Å². The van der Waals surface area contributed by atoms with Crippen molar-refractivity contribution in [3.8, 4) is 0 Å². The van der Waals surface area contributed by atoms with Gasteiger partial charge in [0.15, 0.2) is 0 Å². The molecule has 0 spiro atoms. The maximum atomic E-state index is 11.5.